The molecule has 2 amide bonds. The molecule has 1 N–H and O–H groups in total. The molecule has 1 saturated heterocycles. The van der Waals surface area contributed by atoms with Crippen molar-refractivity contribution >= 4 is 29.1 Å². The molecule has 1 fully saturated rings. The maximum atomic E-state index is 12.6. The van der Waals surface area contributed by atoms with E-state index in [1.54, 1.807) is 35.2 Å². The third kappa shape index (κ3) is 4.39. The van der Waals surface area contributed by atoms with Gasteiger partial charge in [-0.3, -0.25) is 9.59 Å². The Kier molecular flexibility index (Phi) is 5.96. The predicted molar refractivity (Wildman–Crippen MR) is 105 cm³/mol. The maximum absolute atomic E-state index is 12.6. The Morgan fingerprint density at radius 3 is 2.56 bits per heavy atom. The number of hydrogen-bond acceptors (Lipinski definition) is 4. The molecule has 1 aromatic carbocycles. The van der Waals surface area contributed by atoms with Crippen LogP contribution in [-0.4, -0.2) is 41.9 Å². The van der Waals surface area contributed by atoms with Gasteiger partial charge in [-0.2, -0.15) is 0 Å². The number of amides is 2. The Hall–Kier alpha value is -2.60. The number of rotatable bonds is 4. The van der Waals surface area contributed by atoms with Crippen molar-refractivity contribution in [1.29, 1.82) is 0 Å². The number of pyridine rings is 1. The molecular weight excluding hydrogens is 366 g/mol. The lowest BCUT2D eigenvalue weighted by Crippen LogP contribution is -2.36. The number of piperidine rings is 1. The van der Waals surface area contributed by atoms with Crippen LogP contribution in [0.25, 0.3) is 0 Å². The van der Waals surface area contributed by atoms with Gasteiger partial charge < -0.3 is 15.0 Å². The van der Waals surface area contributed by atoms with Crippen molar-refractivity contribution in [2.75, 3.05) is 25.5 Å². The molecule has 2 aromatic rings. The molecular formula is C20H22ClN3O3. The second kappa shape index (κ2) is 8.39. The highest BCUT2D eigenvalue weighted by atomic mass is 35.5. The molecule has 0 radical (unpaired) electrons. The third-order valence-corrected chi connectivity index (χ3v) is 4.98. The van der Waals surface area contributed by atoms with Crippen LogP contribution in [0.3, 0.4) is 0 Å². The highest BCUT2D eigenvalue weighted by Crippen LogP contribution is 2.31. The van der Waals surface area contributed by atoms with Crippen molar-refractivity contribution < 1.29 is 14.3 Å². The Balaban J connectivity index is 1.80. The Bertz CT molecular complexity index is 864. The zero-order valence-corrected chi connectivity index (χ0v) is 16.2. The number of carbonyl (C=O) groups excluding carboxylic acids is 2. The number of anilines is 1. The van der Waals surface area contributed by atoms with Crippen LogP contribution in [-0.2, 0) is 0 Å². The number of ether oxygens (including phenoxy) is 1. The maximum Gasteiger partial charge on any atom is 0.274 e. The second-order valence-electron chi connectivity index (χ2n) is 6.52. The van der Waals surface area contributed by atoms with Gasteiger partial charge in [0.25, 0.3) is 11.8 Å². The number of likely N-dealkylation sites (tertiary alicyclic amines) is 1. The number of aryl methyl sites for hydroxylation is 1. The Morgan fingerprint density at radius 2 is 1.85 bits per heavy atom. The lowest BCUT2D eigenvalue weighted by Gasteiger charge is -2.26. The summed E-state index contributed by atoms with van der Waals surface area (Å²) in [6, 6.07) is 8.28. The molecule has 0 unspecified atom stereocenters. The zero-order chi connectivity index (χ0) is 19.4. The largest absolute Gasteiger partial charge is 0.495 e. The van der Waals surface area contributed by atoms with Gasteiger partial charge in [0.05, 0.1) is 12.8 Å². The monoisotopic (exact) mass is 387 g/mol. The van der Waals surface area contributed by atoms with Crippen LogP contribution in [0.5, 0.6) is 5.75 Å². The van der Waals surface area contributed by atoms with Crippen molar-refractivity contribution in [3.8, 4) is 5.75 Å². The molecule has 0 atom stereocenters. The van der Waals surface area contributed by atoms with Gasteiger partial charge in [-0.05, 0) is 49.9 Å². The number of aromatic nitrogens is 1. The van der Waals surface area contributed by atoms with E-state index >= 15 is 0 Å². The van der Waals surface area contributed by atoms with Crippen LogP contribution in [0, 0.1) is 6.92 Å². The number of carbonyl (C=O) groups is 2. The van der Waals surface area contributed by atoms with E-state index < -0.39 is 5.91 Å². The summed E-state index contributed by atoms with van der Waals surface area (Å²) in [6.07, 6.45) is 3.14. The molecule has 7 heteroatoms. The van der Waals surface area contributed by atoms with E-state index in [1.807, 2.05) is 6.92 Å². The summed E-state index contributed by atoms with van der Waals surface area (Å²) in [5.74, 6) is -0.0907. The number of benzene rings is 1. The van der Waals surface area contributed by atoms with Gasteiger partial charge in [-0.15, -0.1) is 0 Å². The fourth-order valence-corrected chi connectivity index (χ4v) is 3.21. The molecule has 1 aliphatic heterocycles. The highest BCUT2D eigenvalue weighted by molar-refractivity contribution is 6.31. The first kappa shape index (κ1) is 19.2. The second-order valence-corrected chi connectivity index (χ2v) is 6.92. The normalized spacial score (nSPS) is 14.0. The minimum Gasteiger partial charge on any atom is -0.495 e. The quantitative estimate of drug-likeness (QED) is 0.862. The van der Waals surface area contributed by atoms with E-state index in [0.29, 0.717) is 16.5 Å². The summed E-state index contributed by atoms with van der Waals surface area (Å²) in [7, 11) is 1.51. The fourth-order valence-electron chi connectivity index (χ4n) is 3.06. The molecule has 1 aromatic heterocycles. The molecule has 27 heavy (non-hydrogen) atoms. The molecule has 0 aliphatic carbocycles. The summed E-state index contributed by atoms with van der Waals surface area (Å²) in [6.45, 7) is 3.31. The van der Waals surface area contributed by atoms with Crippen molar-refractivity contribution in [2.45, 2.75) is 26.2 Å². The van der Waals surface area contributed by atoms with E-state index in [1.165, 1.54) is 7.11 Å². The van der Waals surface area contributed by atoms with Gasteiger partial charge in [0.15, 0.2) is 0 Å². The molecule has 3 rings (SSSR count). The molecule has 6 nitrogen and oxygen atoms in total. The van der Waals surface area contributed by atoms with E-state index in [-0.39, 0.29) is 17.3 Å². The van der Waals surface area contributed by atoms with Crippen molar-refractivity contribution in [2.24, 2.45) is 0 Å². The van der Waals surface area contributed by atoms with Gasteiger partial charge in [0, 0.05) is 24.2 Å². The molecule has 0 bridgehead atoms. The van der Waals surface area contributed by atoms with E-state index in [9.17, 15) is 9.59 Å². The van der Waals surface area contributed by atoms with Gasteiger partial charge >= 0.3 is 0 Å². The minimum absolute atomic E-state index is 0.135. The number of methoxy groups -OCH3 is 1. The molecule has 0 spiro atoms. The van der Waals surface area contributed by atoms with Gasteiger partial charge in [0.1, 0.15) is 17.1 Å². The lowest BCUT2D eigenvalue weighted by atomic mass is 10.1. The SMILES string of the molecule is COc1cc(Cl)c(C)cc1NC(=O)c1cccc(C(=O)N2CCCCC2)n1. The van der Waals surface area contributed by atoms with E-state index in [2.05, 4.69) is 10.3 Å². The van der Waals surface area contributed by atoms with Crippen molar-refractivity contribution in [3.05, 3.63) is 52.3 Å². The van der Waals surface area contributed by atoms with Crippen LogP contribution >= 0.6 is 11.6 Å². The van der Waals surface area contributed by atoms with Crippen LogP contribution in [0.4, 0.5) is 5.69 Å². The lowest BCUT2D eigenvalue weighted by molar-refractivity contribution is 0.0718. The topological polar surface area (TPSA) is 71.5 Å². The zero-order valence-electron chi connectivity index (χ0n) is 15.4. The molecule has 142 valence electrons. The average molecular weight is 388 g/mol. The van der Waals surface area contributed by atoms with Crippen LogP contribution < -0.4 is 10.1 Å². The van der Waals surface area contributed by atoms with Gasteiger partial charge in [-0.1, -0.05) is 17.7 Å². The average Bonchev–Trinajstić information content (AvgIpc) is 2.70. The van der Waals surface area contributed by atoms with Crippen LogP contribution in [0.2, 0.25) is 5.02 Å². The van der Waals surface area contributed by atoms with E-state index in [0.717, 1.165) is 37.9 Å². The number of halogens is 1. The van der Waals surface area contributed by atoms with Crippen molar-refractivity contribution in [1.82, 2.24) is 9.88 Å². The summed E-state index contributed by atoms with van der Waals surface area (Å²) in [5, 5.41) is 3.33. The summed E-state index contributed by atoms with van der Waals surface area (Å²) < 4.78 is 5.28. The summed E-state index contributed by atoms with van der Waals surface area (Å²) >= 11 is 6.10. The Labute approximate surface area is 163 Å². The standard InChI is InChI=1S/C20H22ClN3O3/c1-13-11-17(18(27-2)12-14(13)21)23-19(25)15-7-6-8-16(22-15)20(26)24-9-4-3-5-10-24/h6-8,11-12H,3-5,9-10H2,1-2H3,(H,23,25). The molecule has 0 saturated carbocycles. The first-order valence-corrected chi connectivity index (χ1v) is 9.29. The van der Waals surface area contributed by atoms with Gasteiger partial charge in [-0.25, -0.2) is 4.98 Å². The molecule has 2 heterocycles. The first-order valence-electron chi connectivity index (χ1n) is 8.91. The van der Waals surface area contributed by atoms with Crippen molar-refractivity contribution in [3.63, 3.8) is 0 Å². The minimum atomic E-state index is -0.414. The Morgan fingerprint density at radius 1 is 1.15 bits per heavy atom. The van der Waals surface area contributed by atoms with Crippen LogP contribution in [0.15, 0.2) is 30.3 Å². The van der Waals surface area contributed by atoms with E-state index in [4.69, 9.17) is 16.3 Å². The number of nitrogens with one attached hydrogen (secondary N) is 1. The smallest absolute Gasteiger partial charge is 0.274 e. The highest BCUT2D eigenvalue weighted by Gasteiger charge is 2.21. The molecule has 1 aliphatic rings. The fraction of sp³-hybridized carbons (Fsp3) is 0.350. The third-order valence-electron chi connectivity index (χ3n) is 4.57. The van der Waals surface area contributed by atoms with Gasteiger partial charge in [0.2, 0.25) is 0 Å². The summed E-state index contributed by atoms with van der Waals surface area (Å²) in [4.78, 5) is 31.3. The first-order chi connectivity index (χ1) is 13.0. The number of hydrogen-bond donors (Lipinski definition) is 1. The number of nitrogens with zero attached hydrogens (tertiary/aromatic N) is 2. The van der Waals surface area contributed by atoms with Crippen LogP contribution in [0.1, 0.15) is 45.8 Å². The summed E-state index contributed by atoms with van der Waals surface area (Å²) in [5.41, 5.74) is 1.77. The predicted octanol–water partition coefficient (Wildman–Crippen LogP) is 3.93.